The Kier molecular flexibility index (Phi) is 6.76. The molecular weight excluding hydrogens is 508 g/mol. The summed E-state index contributed by atoms with van der Waals surface area (Å²) in [5.74, 6) is 0.462. The van der Waals surface area contributed by atoms with E-state index in [0.29, 0.717) is 21.1 Å². The second-order valence-electron chi connectivity index (χ2n) is 7.95. The Labute approximate surface area is 220 Å². The largest absolute Gasteiger partial charge is 0.497 e. The van der Waals surface area contributed by atoms with E-state index in [1.165, 1.54) is 35.2 Å². The minimum absolute atomic E-state index is 0.0510. The first-order chi connectivity index (χ1) is 17.9. The number of pyridine rings is 1. The number of amides is 1. The topological polar surface area (TPSA) is 120 Å². The average molecular weight is 529 g/mol. The summed E-state index contributed by atoms with van der Waals surface area (Å²) in [7, 11) is 1.62. The lowest BCUT2D eigenvalue weighted by atomic mass is 10.1. The van der Waals surface area contributed by atoms with E-state index in [1.807, 2.05) is 48.5 Å². The molecule has 0 atom stereocenters. The van der Waals surface area contributed by atoms with Crippen LogP contribution in [0.25, 0.3) is 21.5 Å². The fourth-order valence-corrected chi connectivity index (χ4v) is 5.46. The van der Waals surface area contributed by atoms with Crippen molar-refractivity contribution in [2.75, 3.05) is 18.2 Å². The maximum Gasteiger partial charge on any atom is 0.269 e. The average Bonchev–Trinajstić information content (AvgIpc) is 3.26. The van der Waals surface area contributed by atoms with Crippen LogP contribution in [-0.4, -0.2) is 22.9 Å². The van der Waals surface area contributed by atoms with Crippen molar-refractivity contribution in [1.82, 2.24) is 4.98 Å². The van der Waals surface area contributed by atoms with Crippen LogP contribution in [0.1, 0.15) is 9.67 Å². The molecule has 184 valence electrons. The number of carbonyl (C=O) groups excluding carboxylic acids is 1. The number of carbonyl (C=O) groups is 1. The van der Waals surface area contributed by atoms with Crippen LogP contribution in [0, 0.1) is 10.1 Å². The molecule has 3 aromatic carbocycles. The Morgan fingerprint density at radius 3 is 2.24 bits per heavy atom. The number of non-ortho nitro benzene ring substituents is 1. The van der Waals surface area contributed by atoms with Crippen LogP contribution in [0.3, 0.4) is 0 Å². The molecule has 0 spiro atoms. The quantitative estimate of drug-likeness (QED) is 0.175. The lowest BCUT2D eigenvalue weighted by molar-refractivity contribution is -0.384. The van der Waals surface area contributed by atoms with Crippen molar-refractivity contribution in [3.05, 3.63) is 99.9 Å². The van der Waals surface area contributed by atoms with Gasteiger partial charge in [0.15, 0.2) is 0 Å². The number of nitrogen functional groups attached to an aromatic ring is 1. The van der Waals surface area contributed by atoms with Gasteiger partial charge in [-0.15, -0.1) is 11.3 Å². The normalized spacial score (nSPS) is 10.8. The van der Waals surface area contributed by atoms with E-state index in [4.69, 9.17) is 15.5 Å². The molecular formula is C27H20N4O4S2. The zero-order valence-electron chi connectivity index (χ0n) is 19.5. The molecule has 10 heteroatoms. The highest BCUT2D eigenvalue weighted by atomic mass is 32.2. The molecule has 1 amide bonds. The maximum absolute atomic E-state index is 13.0. The van der Waals surface area contributed by atoms with Gasteiger partial charge >= 0.3 is 0 Å². The van der Waals surface area contributed by atoms with Crippen LogP contribution in [0.4, 0.5) is 17.1 Å². The van der Waals surface area contributed by atoms with E-state index < -0.39 is 4.92 Å². The van der Waals surface area contributed by atoms with Gasteiger partial charge in [-0.25, -0.2) is 4.98 Å². The molecule has 2 heterocycles. The first kappa shape index (κ1) is 24.3. The number of hydrogen-bond donors (Lipinski definition) is 2. The van der Waals surface area contributed by atoms with Gasteiger partial charge < -0.3 is 15.8 Å². The predicted molar refractivity (Wildman–Crippen MR) is 148 cm³/mol. The van der Waals surface area contributed by atoms with Crippen molar-refractivity contribution < 1.29 is 14.5 Å². The monoisotopic (exact) mass is 528 g/mol. The fraction of sp³-hybridized carbons (Fsp3) is 0.0370. The van der Waals surface area contributed by atoms with Crippen molar-refractivity contribution >= 4 is 56.3 Å². The van der Waals surface area contributed by atoms with Crippen molar-refractivity contribution in [1.29, 1.82) is 0 Å². The lowest BCUT2D eigenvalue weighted by Gasteiger charge is -2.06. The van der Waals surface area contributed by atoms with Crippen molar-refractivity contribution in [3.8, 4) is 17.0 Å². The second-order valence-corrected chi connectivity index (χ2v) is 10.1. The molecule has 0 bridgehead atoms. The number of nitrogens with two attached hydrogens (primary N) is 1. The van der Waals surface area contributed by atoms with Crippen molar-refractivity contribution in [2.24, 2.45) is 0 Å². The van der Waals surface area contributed by atoms with Crippen LogP contribution >= 0.6 is 23.1 Å². The first-order valence-corrected chi connectivity index (χ1v) is 12.7. The molecule has 3 N–H and O–H groups in total. The van der Waals surface area contributed by atoms with Gasteiger partial charge in [-0.2, -0.15) is 0 Å². The number of ether oxygens (including phenoxy) is 1. The van der Waals surface area contributed by atoms with E-state index in [9.17, 15) is 14.9 Å². The molecule has 5 rings (SSSR count). The predicted octanol–water partition coefficient (Wildman–Crippen LogP) is 6.87. The summed E-state index contributed by atoms with van der Waals surface area (Å²) in [5.41, 5.74) is 9.10. The minimum atomic E-state index is -0.425. The molecule has 0 saturated carbocycles. The van der Waals surface area contributed by atoms with E-state index >= 15 is 0 Å². The Morgan fingerprint density at radius 1 is 0.973 bits per heavy atom. The van der Waals surface area contributed by atoms with E-state index in [2.05, 4.69) is 5.32 Å². The second kappa shape index (κ2) is 10.3. The number of methoxy groups -OCH3 is 1. The highest BCUT2D eigenvalue weighted by molar-refractivity contribution is 7.99. The third-order valence-electron chi connectivity index (χ3n) is 5.58. The molecule has 0 radical (unpaired) electrons. The van der Waals surface area contributed by atoms with Crippen LogP contribution in [0.5, 0.6) is 5.75 Å². The Bertz CT molecular complexity index is 1600. The summed E-state index contributed by atoms with van der Waals surface area (Å²) in [5, 5.41) is 14.4. The van der Waals surface area contributed by atoms with Gasteiger partial charge in [0.25, 0.3) is 11.6 Å². The number of aromatic nitrogens is 1. The Hall–Kier alpha value is -4.41. The smallest absolute Gasteiger partial charge is 0.269 e. The molecule has 0 aliphatic heterocycles. The standard InChI is InChI=1S/C27H20N4O4S2/c1-35-19-8-2-16(3-9-19)23-15-14-22-24(28)25(37-27(22)30-23)26(32)29-17-4-10-20(11-5-17)36-21-12-6-18(7-13-21)31(33)34/h2-15H,28H2,1H3,(H,29,32). The van der Waals surface area contributed by atoms with Gasteiger partial charge in [-0.05, 0) is 72.8 Å². The molecule has 5 aromatic rings. The van der Waals surface area contributed by atoms with Crippen LogP contribution in [0.15, 0.2) is 94.7 Å². The Morgan fingerprint density at radius 2 is 1.62 bits per heavy atom. The van der Waals surface area contributed by atoms with Crippen molar-refractivity contribution in [2.45, 2.75) is 9.79 Å². The number of benzene rings is 3. The number of nitro benzene ring substituents is 1. The summed E-state index contributed by atoms with van der Waals surface area (Å²) < 4.78 is 5.21. The molecule has 2 aromatic heterocycles. The molecule has 0 unspecified atom stereocenters. The highest BCUT2D eigenvalue weighted by Crippen LogP contribution is 2.35. The third-order valence-corrected chi connectivity index (χ3v) is 7.71. The zero-order chi connectivity index (χ0) is 25.9. The minimum Gasteiger partial charge on any atom is -0.497 e. The maximum atomic E-state index is 13.0. The van der Waals surface area contributed by atoms with Gasteiger partial charge in [0.2, 0.25) is 0 Å². The van der Waals surface area contributed by atoms with Crippen LogP contribution in [-0.2, 0) is 0 Å². The number of nitrogens with one attached hydrogen (secondary N) is 1. The number of nitro groups is 1. The summed E-state index contributed by atoms with van der Waals surface area (Å²) in [6.45, 7) is 0. The third kappa shape index (κ3) is 5.25. The SMILES string of the molecule is COc1ccc(-c2ccc3c(N)c(C(=O)Nc4ccc(Sc5ccc([N+](=O)[O-])cc5)cc4)sc3n2)cc1. The fourth-order valence-electron chi connectivity index (χ4n) is 3.65. The molecule has 0 saturated heterocycles. The number of hydrogen-bond acceptors (Lipinski definition) is 8. The first-order valence-electron chi connectivity index (χ1n) is 11.1. The Balaban J connectivity index is 1.30. The van der Waals surface area contributed by atoms with Gasteiger partial charge in [0.05, 0.1) is 23.4 Å². The molecule has 0 aliphatic rings. The van der Waals surface area contributed by atoms with Gasteiger partial charge in [0, 0.05) is 38.6 Å². The molecule has 37 heavy (non-hydrogen) atoms. The van der Waals surface area contributed by atoms with Gasteiger partial charge in [0.1, 0.15) is 15.5 Å². The van der Waals surface area contributed by atoms with Gasteiger partial charge in [-0.3, -0.25) is 14.9 Å². The lowest BCUT2D eigenvalue weighted by Crippen LogP contribution is -2.11. The van der Waals surface area contributed by atoms with Crippen LogP contribution < -0.4 is 15.8 Å². The number of rotatable bonds is 7. The van der Waals surface area contributed by atoms with Gasteiger partial charge in [-0.1, -0.05) is 11.8 Å². The number of nitrogens with zero attached hydrogens (tertiary/aromatic N) is 2. The number of anilines is 2. The molecule has 8 nitrogen and oxygen atoms in total. The summed E-state index contributed by atoms with van der Waals surface area (Å²) in [4.78, 5) is 31.0. The van der Waals surface area contributed by atoms with Crippen LogP contribution in [0.2, 0.25) is 0 Å². The van der Waals surface area contributed by atoms with E-state index in [-0.39, 0.29) is 11.6 Å². The number of fused-ring (bicyclic) bond motifs is 1. The van der Waals surface area contributed by atoms with E-state index in [1.54, 1.807) is 31.4 Å². The van der Waals surface area contributed by atoms with E-state index in [0.717, 1.165) is 32.2 Å². The summed E-state index contributed by atoms with van der Waals surface area (Å²) >= 11 is 2.72. The zero-order valence-corrected chi connectivity index (χ0v) is 21.1. The van der Waals surface area contributed by atoms with Crippen molar-refractivity contribution in [3.63, 3.8) is 0 Å². The molecule has 0 fully saturated rings. The number of thiophene rings is 1. The summed E-state index contributed by atoms with van der Waals surface area (Å²) in [6, 6.07) is 25.1. The highest BCUT2D eigenvalue weighted by Gasteiger charge is 2.18. The summed E-state index contributed by atoms with van der Waals surface area (Å²) in [6.07, 6.45) is 0. The molecule has 0 aliphatic carbocycles.